The summed E-state index contributed by atoms with van der Waals surface area (Å²) in [5.74, 6) is 0.0946. The third kappa shape index (κ3) is 7.70. The molecule has 2 amide bonds. The van der Waals surface area contributed by atoms with Crippen LogP contribution in [0.3, 0.4) is 0 Å². The number of ether oxygens (including phenoxy) is 1. The van der Waals surface area contributed by atoms with Crippen molar-refractivity contribution in [1.29, 1.82) is 0 Å². The minimum Gasteiger partial charge on any atom is -0.484 e. The van der Waals surface area contributed by atoms with E-state index in [0.29, 0.717) is 22.2 Å². The van der Waals surface area contributed by atoms with E-state index in [4.69, 9.17) is 27.9 Å². The topological polar surface area (TPSA) is 58.6 Å². The molecule has 0 bridgehead atoms. The first-order chi connectivity index (χ1) is 14.7. The van der Waals surface area contributed by atoms with Gasteiger partial charge in [0, 0.05) is 17.1 Å². The summed E-state index contributed by atoms with van der Waals surface area (Å²) in [6.07, 6.45) is 1.27. The van der Waals surface area contributed by atoms with Crippen LogP contribution in [0, 0.1) is 0 Å². The molecule has 0 heterocycles. The molecule has 2 rings (SSSR count). The zero-order valence-corrected chi connectivity index (χ0v) is 20.9. The Hall–Kier alpha value is -1.76. The Morgan fingerprint density at radius 2 is 1.74 bits per heavy atom. The van der Waals surface area contributed by atoms with Crippen molar-refractivity contribution in [2.75, 3.05) is 6.61 Å². The largest absolute Gasteiger partial charge is 0.484 e. The van der Waals surface area contributed by atoms with Crippen LogP contribution in [0.1, 0.15) is 39.2 Å². The predicted octanol–water partition coefficient (Wildman–Crippen LogP) is 5.86. The third-order valence-corrected chi connectivity index (χ3v) is 6.17. The average Bonchev–Trinajstić information content (AvgIpc) is 2.75. The lowest BCUT2D eigenvalue weighted by Gasteiger charge is -2.31. The maximum atomic E-state index is 13.2. The normalized spacial score (nSPS) is 12.7. The van der Waals surface area contributed by atoms with Gasteiger partial charge in [0.15, 0.2) is 6.61 Å². The molecule has 2 aromatic rings. The van der Waals surface area contributed by atoms with Crippen LogP contribution in [0.2, 0.25) is 10.0 Å². The Morgan fingerprint density at radius 3 is 2.32 bits per heavy atom. The van der Waals surface area contributed by atoms with Crippen molar-refractivity contribution in [2.24, 2.45) is 0 Å². The summed E-state index contributed by atoms with van der Waals surface area (Å²) < 4.78 is 6.59. The molecular formula is C23H27BrCl2N2O3. The van der Waals surface area contributed by atoms with Crippen molar-refractivity contribution in [3.8, 4) is 5.75 Å². The van der Waals surface area contributed by atoms with Gasteiger partial charge in [-0.1, -0.05) is 59.0 Å². The molecule has 0 saturated heterocycles. The predicted molar refractivity (Wildman–Crippen MR) is 129 cm³/mol. The highest BCUT2D eigenvalue weighted by Crippen LogP contribution is 2.24. The highest BCUT2D eigenvalue weighted by atomic mass is 79.9. The smallest absolute Gasteiger partial charge is 0.261 e. The molecule has 0 saturated carbocycles. The lowest BCUT2D eigenvalue weighted by atomic mass is 10.1. The maximum absolute atomic E-state index is 13.2. The van der Waals surface area contributed by atoms with E-state index in [1.54, 1.807) is 30.3 Å². The number of amides is 2. The van der Waals surface area contributed by atoms with Crippen molar-refractivity contribution in [1.82, 2.24) is 10.2 Å². The van der Waals surface area contributed by atoms with Crippen molar-refractivity contribution in [3.63, 3.8) is 0 Å². The molecule has 0 aromatic heterocycles. The number of nitrogens with zero attached hydrogens (tertiary/aromatic N) is 1. The highest BCUT2D eigenvalue weighted by Gasteiger charge is 2.29. The van der Waals surface area contributed by atoms with E-state index in [1.165, 1.54) is 4.90 Å². The van der Waals surface area contributed by atoms with Crippen LogP contribution in [-0.4, -0.2) is 35.4 Å². The van der Waals surface area contributed by atoms with Gasteiger partial charge in [0.2, 0.25) is 5.91 Å². The van der Waals surface area contributed by atoms with E-state index in [-0.39, 0.29) is 31.0 Å². The molecule has 0 aliphatic carbocycles. The van der Waals surface area contributed by atoms with Gasteiger partial charge < -0.3 is 15.0 Å². The Kier molecular flexibility index (Phi) is 10.1. The van der Waals surface area contributed by atoms with Crippen molar-refractivity contribution in [2.45, 2.75) is 52.2 Å². The number of benzene rings is 2. The lowest BCUT2D eigenvalue weighted by molar-refractivity contribution is -0.143. The molecule has 0 fully saturated rings. The first-order valence-electron chi connectivity index (χ1n) is 10.2. The van der Waals surface area contributed by atoms with E-state index in [0.717, 1.165) is 16.5 Å². The molecule has 2 aromatic carbocycles. The Labute approximate surface area is 202 Å². The first-order valence-corrected chi connectivity index (χ1v) is 11.7. The van der Waals surface area contributed by atoms with Crippen LogP contribution in [0.25, 0.3) is 0 Å². The van der Waals surface area contributed by atoms with Gasteiger partial charge in [0.1, 0.15) is 11.8 Å². The fourth-order valence-corrected chi connectivity index (χ4v) is 3.54. The quantitative estimate of drug-likeness (QED) is 0.419. The molecule has 0 aliphatic rings. The molecule has 1 N–H and O–H groups in total. The summed E-state index contributed by atoms with van der Waals surface area (Å²) in [6.45, 7) is 5.84. The molecule has 5 nitrogen and oxygen atoms in total. The molecular weight excluding hydrogens is 503 g/mol. The SMILES string of the molecule is CC[C@@H](C)NC(=O)[C@H](CC)N(Cc1ccc(Cl)c(Cl)c1)C(=O)COc1ccc(Br)cc1. The molecule has 8 heteroatoms. The lowest BCUT2D eigenvalue weighted by Crippen LogP contribution is -2.51. The van der Waals surface area contributed by atoms with E-state index in [1.807, 2.05) is 32.9 Å². The van der Waals surface area contributed by atoms with Crippen LogP contribution < -0.4 is 10.1 Å². The van der Waals surface area contributed by atoms with Gasteiger partial charge in [-0.05, 0) is 61.7 Å². The van der Waals surface area contributed by atoms with Crippen LogP contribution in [0.5, 0.6) is 5.75 Å². The monoisotopic (exact) mass is 528 g/mol. The van der Waals surface area contributed by atoms with Crippen molar-refractivity contribution < 1.29 is 14.3 Å². The summed E-state index contributed by atoms with van der Waals surface area (Å²) in [5.41, 5.74) is 0.779. The Morgan fingerprint density at radius 1 is 1.06 bits per heavy atom. The van der Waals surface area contributed by atoms with Crippen molar-refractivity contribution >= 4 is 50.9 Å². The number of hydrogen-bond acceptors (Lipinski definition) is 3. The van der Waals surface area contributed by atoms with Gasteiger partial charge in [-0.3, -0.25) is 9.59 Å². The van der Waals surface area contributed by atoms with Crippen molar-refractivity contribution in [3.05, 3.63) is 62.5 Å². The Balaban J connectivity index is 2.23. The number of halogens is 3. The minimum absolute atomic E-state index is 0.0162. The zero-order valence-electron chi connectivity index (χ0n) is 17.8. The molecule has 0 unspecified atom stereocenters. The number of carbonyl (C=O) groups is 2. The summed E-state index contributed by atoms with van der Waals surface area (Å²) in [5, 5.41) is 3.81. The molecule has 0 aliphatic heterocycles. The fraction of sp³-hybridized carbons (Fsp3) is 0.391. The van der Waals surface area contributed by atoms with E-state index < -0.39 is 6.04 Å². The van der Waals surface area contributed by atoms with Gasteiger partial charge in [-0.2, -0.15) is 0 Å². The second-order valence-corrected chi connectivity index (χ2v) is 8.98. The minimum atomic E-state index is -0.635. The summed E-state index contributed by atoms with van der Waals surface area (Å²) in [6, 6.07) is 11.8. The molecule has 168 valence electrons. The van der Waals surface area contributed by atoms with Crippen LogP contribution in [0.4, 0.5) is 0 Å². The second kappa shape index (κ2) is 12.3. The number of nitrogens with one attached hydrogen (secondary N) is 1. The van der Waals surface area contributed by atoms with Crippen LogP contribution in [0.15, 0.2) is 46.9 Å². The highest BCUT2D eigenvalue weighted by molar-refractivity contribution is 9.10. The molecule has 2 atom stereocenters. The van der Waals surface area contributed by atoms with Gasteiger partial charge in [0.05, 0.1) is 10.0 Å². The molecule has 31 heavy (non-hydrogen) atoms. The number of carbonyl (C=O) groups excluding carboxylic acids is 2. The van der Waals surface area contributed by atoms with Crippen LogP contribution >= 0.6 is 39.1 Å². The zero-order chi connectivity index (χ0) is 23.0. The van der Waals surface area contributed by atoms with Gasteiger partial charge in [-0.15, -0.1) is 0 Å². The van der Waals surface area contributed by atoms with Gasteiger partial charge in [0.25, 0.3) is 5.91 Å². The summed E-state index contributed by atoms with van der Waals surface area (Å²) in [4.78, 5) is 27.6. The van der Waals surface area contributed by atoms with Gasteiger partial charge in [-0.25, -0.2) is 0 Å². The molecule has 0 radical (unpaired) electrons. The number of rotatable bonds is 10. The third-order valence-electron chi connectivity index (χ3n) is 4.90. The Bertz CT molecular complexity index is 893. The maximum Gasteiger partial charge on any atom is 0.261 e. The summed E-state index contributed by atoms with van der Waals surface area (Å²) in [7, 11) is 0. The van der Waals surface area contributed by atoms with E-state index in [2.05, 4.69) is 21.2 Å². The fourth-order valence-electron chi connectivity index (χ4n) is 2.95. The average molecular weight is 530 g/mol. The van der Waals surface area contributed by atoms with E-state index >= 15 is 0 Å². The van der Waals surface area contributed by atoms with Gasteiger partial charge >= 0.3 is 0 Å². The van der Waals surface area contributed by atoms with Crippen LogP contribution in [-0.2, 0) is 16.1 Å². The standard InChI is InChI=1S/C23H27BrCl2N2O3/c1-4-15(3)27-23(30)21(5-2)28(13-16-6-11-19(25)20(26)12-16)22(29)14-31-18-9-7-17(24)8-10-18/h6-12,15,21H,4-5,13-14H2,1-3H3,(H,27,30)/t15-,21+/m1/s1. The number of hydrogen-bond donors (Lipinski definition) is 1. The first kappa shape index (κ1) is 25.5. The molecule has 0 spiro atoms. The summed E-state index contributed by atoms with van der Waals surface area (Å²) >= 11 is 15.5. The van der Waals surface area contributed by atoms with E-state index in [9.17, 15) is 9.59 Å². The second-order valence-electron chi connectivity index (χ2n) is 7.25.